The van der Waals surface area contributed by atoms with Crippen molar-refractivity contribution >= 4 is 29.9 Å². The van der Waals surface area contributed by atoms with Gasteiger partial charge in [0.05, 0.1) is 12.7 Å². The predicted octanol–water partition coefficient (Wildman–Crippen LogP) is 4.08. The first-order valence-electron chi connectivity index (χ1n) is 9.98. The van der Waals surface area contributed by atoms with E-state index in [9.17, 15) is 0 Å². The number of guanidine groups is 1. The Morgan fingerprint density at radius 3 is 2.79 bits per heavy atom. The zero-order valence-electron chi connectivity index (χ0n) is 17.8. The first-order chi connectivity index (χ1) is 12.9. The molecule has 1 unspecified atom stereocenters. The summed E-state index contributed by atoms with van der Waals surface area (Å²) >= 11 is 0. The topological polar surface area (TPSA) is 45.5 Å². The lowest BCUT2D eigenvalue weighted by atomic mass is 9.84. The summed E-state index contributed by atoms with van der Waals surface area (Å²) in [5.41, 5.74) is 3.98. The molecule has 1 aromatic heterocycles. The predicted molar refractivity (Wildman–Crippen MR) is 128 cm³/mol. The third-order valence-corrected chi connectivity index (χ3v) is 5.44. The Morgan fingerprint density at radius 1 is 1.36 bits per heavy atom. The van der Waals surface area contributed by atoms with Gasteiger partial charge in [0.15, 0.2) is 5.96 Å². The molecule has 1 aliphatic rings. The molecule has 1 fully saturated rings. The second-order valence-corrected chi connectivity index (χ2v) is 8.30. The molecule has 2 heterocycles. The van der Waals surface area contributed by atoms with Crippen LogP contribution in [0.2, 0.25) is 0 Å². The van der Waals surface area contributed by atoms with Crippen molar-refractivity contribution in [1.82, 2.24) is 20.0 Å². The zero-order valence-corrected chi connectivity index (χ0v) is 20.1. The molecule has 0 radical (unpaired) electrons. The van der Waals surface area contributed by atoms with Gasteiger partial charge in [-0.1, -0.05) is 43.7 Å². The van der Waals surface area contributed by atoms with E-state index in [4.69, 9.17) is 4.99 Å². The minimum absolute atomic E-state index is 0. The molecule has 0 amide bonds. The van der Waals surface area contributed by atoms with Crippen LogP contribution < -0.4 is 5.32 Å². The van der Waals surface area contributed by atoms with Crippen LogP contribution in [-0.2, 0) is 12.5 Å². The quantitative estimate of drug-likeness (QED) is 0.387. The summed E-state index contributed by atoms with van der Waals surface area (Å²) in [4.78, 5) is 7.41. The highest BCUT2D eigenvalue weighted by Gasteiger charge is 2.28. The molecule has 0 spiro atoms. The summed E-state index contributed by atoms with van der Waals surface area (Å²) in [6.45, 7) is 12.5. The van der Waals surface area contributed by atoms with Crippen LogP contribution in [0.3, 0.4) is 0 Å². The molecule has 1 N–H and O–H groups in total. The molecule has 154 valence electrons. The van der Waals surface area contributed by atoms with E-state index < -0.39 is 0 Å². The summed E-state index contributed by atoms with van der Waals surface area (Å²) in [5.74, 6) is 1.57. The highest BCUT2D eigenvalue weighted by molar-refractivity contribution is 14.0. The Labute approximate surface area is 186 Å². The second-order valence-electron chi connectivity index (χ2n) is 8.30. The van der Waals surface area contributed by atoms with E-state index in [1.165, 1.54) is 16.7 Å². The van der Waals surface area contributed by atoms with Gasteiger partial charge in [0.2, 0.25) is 0 Å². The number of benzene rings is 1. The zero-order chi connectivity index (χ0) is 19.4. The number of aliphatic imine (C=N–C) groups is 1. The maximum absolute atomic E-state index is 5.02. The van der Waals surface area contributed by atoms with Gasteiger partial charge >= 0.3 is 0 Å². The van der Waals surface area contributed by atoms with E-state index in [0.717, 1.165) is 38.6 Å². The van der Waals surface area contributed by atoms with Crippen molar-refractivity contribution in [2.45, 2.75) is 45.4 Å². The van der Waals surface area contributed by atoms with Crippen LogP contribution >= 0.6 is 24.0 Å². The van der Waals surface area contributed by atoms with Crippen molar-refractivity contribution in [1.29, 1.82) is 0 Å². The Hall–Kier alpha value is -1.57. The number of nitrogens with one attached hydrogen (secondary N) is 1. The lowest BCUT2D eigenvalue weighted by Crippen LogP contribution is -2.41. The van der Waals surface area contributed by atoms with E-state index in [0.29, 0.717) is 5.92 Å². The Balaban J connectivity index is 0.00000280. The lowest BCUT2D eigenvalue weighted by Gasteiger charge is -2.26. The number of aryl methyl sites for hydroxylation is 2. The van der Waals surface area contributed by atoms with Gasteiger partial charge in [-0.05, 0) is 31.4 Å². The summed E-state index contributed by atoms with van der Waals surface area (Å²) in [6.07, 6.45) is 5.29. The molecule has 2 aromatic rings. The Bertz CT molecular complexity index is 796. The number of aromatic nitrogens is 2. The first-order valence-corrected chi connectivity index (χ1v) is 9.98. The SMILES string of the molecule is CCNC(=NCC(C)(C)c1cccc(C)c1)N1CCC(c2cnn(C)c2)C1.I. The third kappa shape index (κ3) is 5.49. The molecule has 0 saturated carbocycles. The van der Waals surface area contributed by atoms with Crippen molar-refractivity contribution in [3.63, 3.8) is 0 Å². The number of hydrogen-bond donors (Lipinski definition) is 1. The number of nitrogens with zero attached hydrogens (tertiary/aromatic N) is 4. The summed E-state index contributed by atoms with van der Waals surface area (Å²) in [6, 6.07) is 8.77. The van der Waals surface area contributed by atoms with Gasteiger partial charge in [0, 0.05) is 44.2 Å². The van der Waals surface area contributed by atoms with E-state index in [-0.39, 0.29) is 29.4 Å². The van der Waals surface area contributed by atoms with E-state index in [2.05, 4.69) is 73.5 Å². The van der Waals surface area contributed by atoms with Crippen LogP contribution in [0.4, 0.5) is 0 Å². The maximum atomic E-state index is 5.02. The molecule has 3 rings (SSSR count). The summed E-state index contributed by atoms with van der Waals surface area (Å²) in [5, 5.41) is 7.82. The van der Waals surface area contributed by atoms with Gasteiger partial charge in [0.1, 0.15) is 0 Å². The highest BCUT2D eigenvalue weighted by Crippen LogP contribution is 2.28. The van der Waals surface area contributed by atoms with Crippen LogP contribution in [-0.4, -0.2) is 46.8 Å². The number of likely N-dealkylation sites (tertiary alicyclic amines) is 1. The fraction of sp³-hybridized carbons (Fsp3) is 0.545. The monoisotopic (exact) mass is 495 g/mol. The number of hydrogen-bond acceptors (Lipinski definition) is 2. The second kappa shape index (κ2) is 9.76. The number of halogens is 1. The average Bonchev–Trinajstić information content (AvgIpc) is 3.27. The smallest absolute Gasteiger partial charge is 0.193 e. The van der Waals surface area contributed by atoms with Crippen LogP contribution in [0.15, 0.2) is 41.7 Å². The molecule has 0 bridgehead atoms. The van der Waals surface area contributed by atoms with Crippen molar-refractivity contribution in [2.75, 3.05) is 26.2 Å². The van der Waals surface area contributed by atoms with Crippen molar-refractivity contribution in [3.8, 4) is 0 Å². The van der Waals surface area contributed by atoms with Crippen molar-refractivity contribution in [2.24, 2.45) is 12.0 Å². The average molecular weight is 495 g/mol. The summed E-state index contributed by atoms with van der Waals surface area (Å²) in [7, 11) is 1.98. The van der Waals surface area contributed by atoms with Gasteiger partial charge in [0.25, 0.3) is 0 Å². The molecule has 1 atom stereocenters. The van der Waals surface area contributed by atoms with Crippen molar-refractivity contribution < 1.29 is 0 Å². The van der Waals surface area contributed by atoms with Gasteiger partial charge in [-0.2, -0.15) is 5.10 Å². The first kappa shape index (κ1) is 22.7. The molecule has 1 aromatic carbocycles. The molecule has 1 saturated heterocycles. The van der Waals surface area contributed by atoms with Crippen LogP contribution in [0.5, 0.6) is 0 Å². The molecule has 6 heteroatoms. The molecular weight excluding hydrogens is 461 g/mol. The molecule has 28 heavy (non-hydrogen) atoms. The van der Waals surface area contributed by atoms with Crippen LogP contribution in [0.1, 0.15) is 49.8 Å². The molecule has 0 aliphatic carbocycles. The minimum atomic E-state index is 0. The van der Waals surface area contributed by atoms with Gasteiger partial charge in [-0.15, -0.1) is 24.0 Å². The summed E-state index contributed by atoms with van der Waals surface area (Å²) < 4.78 is 1.89. The van der Waals surface area contributed by atoms with Gasteiger partial charge in [-0.3, -0.25) is 9.67 Å². The van der Waals surface area contributed by atoms with Crippen molar-refractivity contribution in [3.05, 3.63) is 53.3 Å². The van der Waals surface area contributed by atoms with Crippen LogP contribution in [0.25, 0.3) is 0 Å². The van der Waals surface area contributed by atoms with Gasteiger partial charge in [-0.25, -0.2) is 0 Å². The normalized spacial score (nSPS) is 17.5. The fourth-order valence-electron chi connectivity index (χ4n) is 3.73. The highest BCUT2D eigenvalue weighted by atomic mass is 127. The molecule has 1 aliphatic heterocycles. The standard InChI is InChI=1S/C22H33N5.HI/c1-6-23-21(24-16-22(3,4)20-9-7-8-17(2)12-20)27-11-10-18(15-27)19-13-25-26(5)14-19;/h7-9,12-14,18H,6,10-11,15-16H2,1-5H3,(H,23,24);1H. The van der Waals surface area contributed by atoms with Crippen LogP contribution in [0, 0.1) is 6.92 Å². The lowest BCUT2D eigenvalue weighted by molar-refractivity contribution is 0.474. The molecule has 5 nitrogen and oxygen atoms in total. The molecular formula is C22H34IN5. The Kier molecular flexibility index (Phi) is 7.92. The van der Waals surface area contributed by atoms with E-state index in [1.54, 1.807) is 0 Å². The third-order valence-electron chi connectivity index (χ3n) is 5.44. The Morgan fingerprint density at radius 2 is 2.14 bits per heavy atom. The maximum Gasteiger partial charge on any atom is 0.193 e. The fourth-order valence-corrected chi connectivity index (χ4v) is 3.73. The number of rotatable bonds is 5. The van der Waals surface area contributed by atoms with Gasteiger partial charge < -0.3 is 10.2 Å². The minimum Gasteiger partial charge on any atom is -0.357 e. The van der Waals surface area contributed by atoms with E-state index in [1.807, 2.05) is 17.9 Å². The largest absolute Gasteiger partial charge is 0.357 e. The van der Waals surface area contributed by atoms with E-state index >= 15 is 0 Å².